The molecule has 0 spiro atoms. The number of rotatable bonds is 6. The molecule has 0 heterocycles. The van der Waals surface area contributed by atoms with Gasteiger partial charge in [0.2, 0.25) is 0 Å². The predicted molar refractivity (Wildman–Crippen MR) is 57.7 cm³/mol. The highest BCUT2D eigenvalue weighted by molar-refractivity contribution is 4.85. The van der Waals surface area contributed by atoms with Gasteiger partial charge in [0.25, 0.3) is 0 Å². The van der Waals surface area contributed by atoms with Crippen molar-refractivity contribution in [1.82, 2.24) is 4.90 Å². The Hall–Kier alpha value is -0.0800. The van der Waals surface area contributed by atoms with E-state index in [0.29, 0.717) is 6.04 Å². The van der Waals surface area contributed by atoms with Crippen LogP contribution < -0.4 is 5.73 Å². The predicted octanol–water partition coefficient (Wildman–Crippen LogP) is 1.84. The zero-order valence-electron chi connectivity index (χ0n) is 9.29. The molecule has 2 nitrogen and oxygen atoms in total. The zero-order valence-corrected chi connectivity index (χ0v) is 9.29. The summed E-state index contributed by atoms with van der Waals surface area (Å²) in [5.41, 5.74) is 5.51. The van der Waals surface area contributed by atoms with Crippen LogP contribution >= 0.6 is 0 Å². The Morgan fingerprint density at radius 2 is 2.00 bits per heavy atom. The maximum atomic E-state index is 5.51. The van der Waals surface area contributed by atoms with E-state index < -0.39 is 0 Å². The quantitative estimate of drug-likeness (QED) is 0.682. The van der Waals surface area contributed by atoms with Gasteiger partial charge in [0.15, 0.2) is 0 Å². The van der Waals surface area contributed by atoms with E-state index in [2.05, 4.69) is 25.8 Å². The molecule has 0 amide bonds. The van der Waals surface area contributed by atoms with Crippen LogP contribution in [-0.4, -0.2) is 30.6 Å². The molecule has 1 saturated carbocycles. The summed E-state index contributed by atoms with van der Waals surface area (Å²) in [4.78, 5) is 2.52. The smallest absolute Gasteiger partial charge is 0.00949 e. The maximum absolute atomic E-state index is 5.51. The lowest BCUT2D eigenvalue weighted by molar-refractivity contribution is 0.169. The SMILES string of the molecule is CC(CCCN)N(C)C(C)C1CC1. The maximum Gasteiger partial charge on any atom is 0.00949 e. The zero-order chi connectivity index (χ0) is 9.84. The summed E-state index contributed by atoms with van der Waals surface area (Å²) in [6.07, 6.45) is 5.27. The molecule has 1 aliphatic rings. The third-order valence-electron chi connectivity index (χ3n) is 3.47. The molecule has 78 valence electrons. The molecule has 2 unspecified atom stereocenters. The summed E-state index contributed by atoms with van der Waals surface area (Å²) in [6.45, 7) is 5.50. The van der Waals surface area contributed by atoms with E-state index in [1.165, 1.54) is 19.3 Å². The highest BCUT2D eigenvalue weighted by atomic mass is 15.2. The molecule has 0 aromatic carbocycles. The first-order valence-electron chi connectivity index (χ1n) is 5.58. The number of hydrogen-bond donors (Lipinski definition) is 1. The fraction of sp³-hybridized carbons (Fsp3) is 1.00. The van der Waals surface area contributed by atoms with Crippen molar-refractivity contribution in [2.45, 2.75) is 51.6 Å². The van der Waals surface area contributed by atoms with Gasteiger partial charge in [0.05, 0.1) is 0 Å². The molecule has 2 N–H and O–H groups in total. The van der Waals surface area contributed by atoms with Crippen LogP contribution in [0.3, 0.4) is 0 Å². The number of nitrogens with two attached hydrogens (primary N) is 1. The lowest BCUT2D eigenvalue weighted by atomic mass is 10.1. The van der Waals surface area contributed by atoms with Crippen LogP contribution in [0.25, 0.3) is 0 Å². The molecule has 0 bridgehead atoms. The highest BCUT2D eigenvalue weighted by Crippen LogP contribution is 2.35. The number of nitrogens with zero attached hydrogens (tertiary/aromatic N) is 1. The highest BCUT2D eigenvalue weighted by Gasteiger charge is 2.31. The minimum absolute atomic E-state index is 0.694. The van der Waals surface area contributed by atoms with Crippen LogP contribution in [0.15, 0.2) is 0 Å². The molecule has 1 aliphatic carbocycles. The van der Waals surface area contributed by atoms with Crippen LogP contribution in [-0.2, 0) is 0 Å². The monoisotopic (exact) mass is 184 g/mol. The molecular formula is C11H24N2. The summed E-state index contributed by atoms with van der Waals surface area (Å²) in [7, 11) is 2.25. The summed E-state index contributed by atoms with van der Waals surface area (Å²) in [5, 5.41) is 0. The molecular weight excluding hydrogens is 160 g/mol. The van der Waals surface area contributed by atoms with Gasteiger partial charge >= 0.3 is 0 Å². The van der Waals surface area contributed by atoms with Gasteiger partial charge in [-0.3, -0.25) is 0 Å². The van der Waals surface area contributed by atoms with Crippen molar-refractivity contribution in [3.8, 4) is 0 Å². The molecule has 0 saturated heterocycles. The van der Waals surface area contributed by atoms with E-state index in [9.17, 15) is 0 Å². The lowest BCUT2D eigenvalue weighted by Crippen LogP contribution is -2.38. The fourth-order valence-corrected chi connectivity index (χ4v) is 1.93. The minimum atomic E-state index is 0.694. The first kappa shape index (κ1) is 11.0. The van der Waals surface area contributed by atoms with Gasteiger partial charge in [-0.25, -0.2) is 0 Å². The van der Waals surface area contributed by atoms with Crippen molar-refractivity contribution < 1.29 is 0 Å². The first-order valence-corrected chi connectivity index (χ1v) is 5.58. The minimum Gasteiger partial charge on any atom is -0.330 e. The Morgan fingerprint density at radius 1 is 1.38 bits per heavy atom. The van der Waals surface area contributed by atoms with E-state index in [1.807, 2.05) is 0 Å². The van der Waals surface area contributed by atoms with E-state index >= 15 is 0 Å². The van der Waals surface area contributed by atoms with Crippen LogP contribution in [0.1, 0.15) is 39.5 Å². The average Bonchev–Trinajstić information content (AvgIpc) is 2.94. The summed E-state index contributed by atoms with van der Waals surface area (Å²) < 4.78 is 0. The molecule has 13 heavy (non-hydrogen) atoms. The standard InChI is InChI=1S/C11H24N2/c1-9(5-4-8-12)13(3)10(2)11-6-7-11/h9-11H,4-8,12H2,1-3H3. The van der Waals surface area contributed by atoms with Crippen molar-refractivity contribution in [3.05, 3.63) is 0 Å². The molecule has 2 heteroatoms. The van der Waals surface area contributed by atoms with Gasteiger partial charge < -0.3 is 10.6 Å². The van der Waals surface area contributed by atoms with E-state index in [1.54, 1.807) is 0 Å². The van der Waals surface area contributed by atoms with Crippen LogP contribution in [0.2, 0.25) is 0 Å². The summed E-state index contributed by atoms with van der Waals surface area (Å²) in [6, 6.07) is 1.46. The Morgan fingerprint density at radius 3 is 2.46 bits per heavy atom. The van der Waals surface area contributed by atoms with Gasteiger partial charge in [-0.15, -0.1) is 0 Å². The van der Waals surface area contributed by atoms with Crippen molar-refractivity contribution >= 4 is 0 Å². The van der Waals surface area contributed by atoms with Crippen molar-refractivity contribution in [2.75, 3.05) is 13.6 Å². The van der Waals surface area contributed by atoms with Gasteiger partial charge in [0, 0.05) is 12.1 Å². The first-order chi connectivity index (χ1) is 6.16. The Balaban J connectivity index is 2.23. The molecule has 0 aromatic rings. The number of hydrogen-bond acceptors (Lipinski definition) is 2. The third-order valence-corrected chi connectivity index (χ3v) is 3.47. The van der Waals surface area contributed by atoms with Gasteiger partial charge in [0.1, 0.15) is 0 Å². The summed E-state index contributed by atoms with van der Waals surface area (Å²) >= 11 is 0. The van der Waals surface area contributed by atoms with Crippen molar-refractivity contribution in [3.63, 3.8) is 0 Å². The van der Waals surface area contributed by atoms with E-state index in [4.69, 9.17) is 5.73 Å². The summed E-state index contributed by atoms with van der Waals surface area (Å²) in [5.74, 6) is 0.977. The second kappa shape index (κ2) is 4.97. The largest absolute Gasteiger partial charge is 0.330 e. The van der Waals surface area contributed by atoms with Crippen molar-refractivity contribution in [1.29, 1.82) is 0 Å². The average molecular weight is 184 g/mol. The van der Waals surface area contributed by atoms with Crippen molar-refractivity contribution in [2.24, 2.45) is 11.7 Å². The second-order valence-corrected chi connectivity index (χ2v) is 4.52. The molecule has 1 rings (SSSR count). The Kier molecular flexibility index (Phi) is 4.20. The molecule has 2 atom stereocenters. The van der Waals surface area contributed by atoms with Gasteiger partial charge in [-0.1, -0.05) is 0 Å². The van der Waals surface area contributed by atoms with Crippen LogP contribution in [0, 0.1) is 5.92 Å². The van der Waals surface area contributed by atoms with Crippen LogP contribution in [0.4, 0.5) is 0 Å². The van der Waals surface area contributed by atoms with Crippen LogP contribution in [0.5, 0.6) is 0 Å². The molecule has 0 aromatic heterocycles. The molecule has 0 radical (unpaired) electrons. The third kappa shape index (κ3) is 3.28. The van der Waals surface area contributed by atoms with E-state index in [0.717, 1.165) is 24.9 Å². The lowest BCUT2D eigenvalue weighted by Gasteiger charge is -2.31. The van der Waals surface area contributed by atoms with E-state index in [-0.39, 0.29) is 0 Å². The fourth-order valence-electron chi connectivity index (χ4n) is 1.93. The normalized spacial score (nSPS) is 21.9. The topological polar surface area (TPSA) is 29.3 Å². The Labute approximate surface area is 82.5 Å². The van der Waals surface area contributed by atoms with Gasteiger partial charge in [-0.05, 0) is 59.0 Å². The second-order valence-electron chi connectivity index (χ2n) is 4.52. The Bertz CT molecular complexity index is 143. The molecule has 1 fully saturated rings. The van der Waals surface area contributed by atoms with Gasteiger partial charge in [-0.2, -0.15) is 0 Å². The molecule has 0 aliphatic heterocycles.